The van der Waals surface area contributed by atoms with Crippen LogP contribution in [-0.2, 0) is 0 Å². The van der Waals surface area contributed by atoms with Crippen molar-refractivity contribution in [1.82, 2.24) is 19.1 Å². The second kappa shape index (κ2) is 13.1. The fraction of sp³-hybridized carbons (Fsp3) is 0. The van der Waals surface area contributed by atoms with E-state index in [4.69, 9.17) is 9.97 Å². The molecule has 7 aromatic carbocycles. The second-order valence-electron chi connectivity index (χ2n) is 14.3. The molecule has 0 saturated carbocycles. The van der Waals surface area contributed by atoms with Gasteiger partial charge in [-0.2, -0.15) is 0 Å². The molecule has 262 valence electrons. The van der Waals surface area contributed by atoms with Crippen molar-refractivity contribution >= 4 is 43.7 Å². The van der Waals surface area contributed by atoms with Gasteiger partial charge in [0.1, 0.15) is 5.65 Å². The summed E-state index contributed by atoms with van der Waals surface area (Å²) in [5, 5.41) is 4.76. The Balaban J connectivity index is 1.01. The van der Waals surface area contributed by atoms with E-state index in [2.05, 4.69) is 203 Å². The molecule has 0 N–H and O–H groups in total. The number of rotatable bonds is 6. The zero-order valence-corrected chi connectivity index (χ0v) is 30.4. The predicted molar refractivity (Wildman–Crippen MR) is 232 cm³/mol. The Morgan fingerprint density at radius 2 is 0.804 bits per heavy atom. The summed E-state index contributed by atoms with van der Waals surface area (Å²) in [4.78, 5) is 10.3. The molecule has 0 aliphatic heterocycles. The Hall–Kier alpha value is -7.56. The van der Waals surface area contributed by atoms with Crippen molar-refractivity contribution in [3.63, 3.8) is 0 Å². The normalized spacial score (nSPS) is 11.6. The number of nitrogens with zero attached hydrogens (tertiary/aromatic N) is 4. The molecule has 0 amide bonds. The molecule has 0 spiro atoms. The molecule has 11 aromatic rings. The van der Waals surface area contributed by atoms with Gasteiger partial charge in [0, 0.05) is 55.8 Å². The Morgan fingerprint density at radius 1 is 0.304 bits per heavy atom. The molecule has 0 atom stereocenters. The molecule has 0 aliphatic carbocycles. The van der Waals surface area contributed by atoms with Crippen LogP contribution in [-0.4, -0.2) is 19.1 Å². The first kappa shape index (κ1) is 31.9. The third-order valence-corrected chi connectivity index (χ3v) is 11.0. The highest BCUT2D eigenvalue weighted by Gasteiger charge is 2.17. The maximum absolute atomic E-state index is 5.17. The number of benzene rings is 7. The van der Waals surface area contributed by atoms with E-state index in [-0.39, 0.29) is 0 Å². The van der Waals surface area contributed by atoms with E-state index in [1.54, 1.807) is 0 Å². The van der Waals surface area contributed by atoms with Gasteiger partial charge in [-0.1, -0.05) is 133 Å². The van der Waals surface area contributed by atoms with Crippen LogP contribution in [0.2, 0.25) is 0 Å². The fourth-order valence-electron chi connectivity index (χ4n) is 8.29. The zero-order valence-electron chi connectivity index (χ0n) is 30.4. The lowest BCUT2D eigenvalue weighted by molar-refractivity contribution is 1.14. The summed E-state index contributed by atoms with van der Waals surface area (Å²) in [6, 6.07) is 71.0. The van der Waals surface area contributed by atoms with Gasteiger partial charge < -0.3 is 4.57 Å². The van der Waals surface area contributed by atoms with E-state index in [1.165, 1.54) is 27.2 Å². The Labute approximate surface area is 324 Å². The van der Waals surface area contributed by atoms with Crippen molar-refractivity contribution in [1.29, 1.82) is 0 Å². The number of aromatic nitrogens is 4. The SMILES string of the molecule is c1ccc(-c2cc(-c3ccccc3)nc(-c3ccc(-n4c5ccccc5c5cc(-c6cnc7c(c6)c6ccccc6n7-c6ccccc6)ccc54)cc3)c2)cc1. The summed E-state index contributed by atoms with van der Waals surface area (Å²) in [5.74, 6) is 0. The standard InChI is InChI=1S/C52H34N4/c1-4-14-35(15-5-1)39-32-47(36-16-6-2-7-17-36)54-48(33-39)37-24-27-42(28-25-37)55-49-22-12-10-20-43(49)45-30-38(26-29-51(45)55)40-31-46-44-21-11-13-23-50(44)56(52(46)53-34-40)41-18-8-3-9-19-41/h1-34H. The lowest BCUT2D eigenvalue weighted by Gasteiger charge is -2.12. The summed E-state index contributed by atoms with van der Waals surface area (Å²) in [5.41, 5.74) is 15.3. The molecule has 0 radical (unpaired) electrons. The van der Waals surface area contributed by atoms with Crippen LogP contribution in [0.15, 0.2) is 206 Å². The topological polar surface area (TPSA) is 35.6 Å². The average Bonchev–Trinajstić information content (AvgIpc) is 3.79. The number of para-hydroxylation sites is 3. The van der Waals surface area contributed by atoms with Gasteiger partial charge in [-0.25, -0.2) is 9.97 Å². The molecule has 0 aliphatic rings. The van der Waals surface area contributed by atoms with E-state index in [0.717, 1.165) is 72.6 Å². The minimum Gasteiger partial charge on any atom is -0.309 e. The average molecular weight is 715 g/mol. The van der Waals surface area contributed by atoms with E-state index < -0.39 is 0 Å². The van der Waals surface area contributed by atoms with E-state index in [0.29, 0.717) is 0 Å². The number of fused-ring (bicyclic) bond motifs is 6. The third-order valence-electron chi connectivity index (χ3n) is 11.0. The molecule has 4 nitrogen and oxygen atoms in total. The third kappa shape index (κ3) is 5.31. The Bertz CT molecular complexity index is 3160. The van der Waals surface area contributed by atoms with Gasteiger partial charge in [0.2, 0.25) is 0 Å². The van der Waals surface area contributed by atoms with Crippen molar-refractivity contribution in [2.45, 2.75) is 0 Å². The Kier molecular flexibility index (Phi) is 7.46. The first-order valence-electron chi connectivity index (χ1n) is 19.0. The summed E-state index contributed by atoms with van der Waals surface area (Å²) in [6.07, 6.45) is 2.02. The quantitative estimate of drug-likeness (QED) is 0.172. The van der Waals surface area contributed by atoms with Crippen LogP contribution in [0.4, 0.5) is 0 Å². The maximum atomic E-state index is 5.17. The number of pyridine rings is 2. The Morgan fingerprint density at radius 3 is 1.50 bits per heavy atom. The predicted octanol–water partition coefficient (Wildman–Crippen LogP) is 13.3. The molecule has 4 heterocycles. The summed E-state index contributed by atoms with van der Waals surface area (Å²) >= 11 is 0. The molecule has 4 aromatic heterocycles. The van der Waals surface area contributed by atoms with Gasteiger partial charge >= 0.3 is 0 Å². The van der Waals surface area contributed by atoms with Crippen LogP contribution in [0, 0.1) is 0 Å². The van der Waals surface area contributed by atoms with Crippen LogP contribution < -0.4 is 0 Å². The minimum absolute atomic E-state index is 0.945. The van der Waals surface area contributed by atoms with Gasteiger partial charge in [-0.3, -0.25) is 4.57 Å². The second-order valence-corrected chi connectivity index (χ2v) is 14.3. The smallest absolute Gasteiger partial charge is 0.145 e. The lowest BCUT2D eigenvalue weighted by atomic mass is 10.00. The van der Waals surface area contributed by atoms with E-state index in [1.807, 2.05) is 12.3 Å². The highest BCUT2D eigenvalue weighted by Crippen LogP contribution is 2.38. The molecule has 0 bridgehead atoms. The largest absolute Gasteiger partial charge is 0.309 e. The van der Waals surface area contributed by atoms with Crippen molar-refractivity contribution in [3.05, 3.63) is 206 Å². The van der Waals surface area contributed by atoms with Crippen molar-refractivity contribution in [2.75, 3.05) is 0 Å². The van der Waals surface area contributed by atoms with Crippen LogP contribution in [0.3, 0.4) is 0 Å². The highest BCUT2D eigenvalue weighted by atomic mass is 15.0. The van der Waals surface area contributed by atoms with Gasteiger partial charge in [-0.05, 0) is 83.4 Å². The number of hydrogen-bond acceptors (Lipinski definition) is 2. The monoisotopic (exact) mass is 714 g/mol. The van der Waals surface area contributed by atoms with Gasteiger partial charge in [0.05, 0.1) is 27.9 Å². The molecular formula is C52H34N4. The molecule has 0 unspecified atom stereocenters. The van der Waals surface area contributed by atoms with Crippen molar-refractivity contribution in [3.8, 4) is 56.1 Å². The minimum atomic E-state index is 0.945. The summed E-state index contributed by atoms with van der Waals surface area (Å²) in [6.45, 7) is 0. The van der Waals surface area contributed by atoms with Crippen molar-refractivity contribution in [2.24, 2.45) is 0 Å². The van der Waals surface area contributed by atoms with Crippen molar-refractivity contribution < 1.29 is 0 Å². The van der Waals surface area contributed by atoms with Crippen LogP contribution in [0.5, 0.6) is 0 Å². The molecular weight excluding hydrogens is 681 g/mol. The first-order valence-corrected chi connectivity index (χ1v) is 19.0. The molecule has 11 rings (SSSR count). The molecule has 0 fully saturated rings. The van der Waals surface area contributed by atoms with Crippen LogP contribution in [0.25, 0.3) is 99.9 Å². The molecule has 0 saturated heterocycles. The fourth-order valence-corrected chi connectivity index (χ4v) is 8.29. The maximum Gasteiger partial charge on any atom is 0.145 e. The van der Waals surface area contributed by atoms with Gasteiger partial charge in [0.25, 0.3) is 0 Å². The molecule has 4 heteroatoms. The van der Waals surface area contributed by atoms with E-state index >= 15 is 0 Å². The van der Waals surface area contributed by atoms with Gasteiger partial charge in [0.15, 0.2) is 0 Å². The highest BCUT2D eigenvalue weighted by molar-refractivity contribution is 6.12. The van der Waals surface area contributed by atoms with Gasteiger partial charge in [-0.15, -0.1) is 0 Å². The lowest BCUT2D eigenvalue weighted by Crippen LogP contribution is -1.95. The van der Waals surface area contributed by atoms with Crippen LogP contribution in [0.1, 0.15) is 0 Å². The van der Waals surface area contributed by atoms with Crippen LogP contribution >= 0.6 is 0 Å². The first-order chi connectivity index (χ1) is 27.8. The molecule has 56 heavy (non-hydrogen) atoms. The summed E-state index contributed by atoms with van der Waals surface area (Å²) in [7, 11) is 0. The number of hydrogen-bond donors (Lipinski definition) is 0. The van der Waals surface area contributed by atoms with E-state index in [9.17, 15) is 0 Å². The zero-order chi connectivity index (χ0) is 37.0. The summed E-state index contributed by atoms with van der Waals surface area (Å²) < 4.78 is 4.63.